The van der Waals surface area contributed by atoms with Gasteiger partial charge >= 0.3 is 149 Å². The molecule has 0 aliphatic heterocycles. The molecule has 3 aromatic carbocycles. The van der Waals surface area contributed by atoms with E-state index in [2.05, 4.69) is 50.2 Å². The Balaban J connectivity index is 1.59. The van der Waals surface area contributed by atoms with Crippen LogP contribution in [0.3, 0.4) is 0 Å². The van der Waals surface area contributed by atoms with Crippen molar-refractivity contribution < 1.29 is 9.84 Å². The first-order valence-corrected chi connectivity index (χ1v) is 10.2. The van der Waals surface area contributed by atoms with Gasteiger partial charge in [-0.25, -0.2) is 0 Å². The van der Waals surface area contributed by atoms with Gasteiger partial charge in [-0.3, -0.25) is 0 Å². The first-order valence-electron chi connectivity index (χ1n) is 8.12. The topological polar surface area (TPSA) is 29.5 Å². The van der Waals surface area contributed by atoms with E-state index in [-0.39, 0.29) is 15.0 Å². The van der Waals surface area contributed by atoms with E-state index in [1.807, 2.05) is 24.3 Å². The minimum absolute atomic E-state index is 0.262. The quantitative estimate of drug-likeness (QED) is 0.657. The molecular weight excluding hydrogens is 363 g/mol. The Morgan fingerprint density at radius 3 is 2.67 bits per heavy atom. The van der Waals surface area contributed by atoms with Gasteiger partial charge < -0.3 is 0 Å². The fourth-order valence-corrected chi connectivity index (χ4v) is 4.77. The third kappa shape index (κ3) is 4.18. The van der Waals surface area contributed by atoms with E-state index in [1.54, 1.807) is 0 Å². The average Bonchev–Trinajstić information content (AvgIpc) is 2.60. The molecule has 0 aromatic heterocycles. The number of benzene rings is 3. The maximum absolute atomic E-state index is 10.3. The van der Waals surface area contributed by atoms with Gasteiger partial charge in [0.25, 0.3) is 0 Å². The second-order valence-corrected chi connectivity index (χ2v) is 8.25. The molecule has 3 rings (SSSR count). The Morgan fingerprint density at radius 1 is 1.00 bits per heavy atom. The van der Waals surface area contributed by atoms with Crippen molar-refractivity contribution in [1.29, 1.82) is 0 Å². The SMILES string of the molecule is Cc1ccc(C)c([Se]CC(O)COc2cccc3ccccc23)c1. The zero-order valence-corrected chi connectivity index (χ0v) is 15.7. The summed E-state index contributed by atoms with van der Waals surface area (Å²) in [6, 6.07) is 20.7. The maximum atomic E-state index is 10.3. The van der Waals surface area contributed by atoms with E-state index in [1.165, 1.54) is 15.6 Å². The Labute approximate surface area is 149 Å². The Morgan fingerprint density at radius 2 is 1.79 bits per heavy atom. The number of aliphatic hydroxyl groups excluding tert-OH is 1. The molecule has 0 bridgehead atoms. The third-order valence-electron chi connectivity index (χ3n) is 3.96. The third-order valence-corrected chi connectivity index (χ3v) is 6.69. The van der Waals surface area contributed by atoms with Gasteiger partial charge in [0.15, 0.2) is 0 Å². The van der Waals surface area contributed by atoms with Crippen molar-refractivity contribution in [2.75, 3.05) is 6.61 Å². The molecule has 0 saturated heterocycles. The second kappa shape index (κ2) is 7.85. The van der Waals surface area contributed by atoms with Crippen molar-refractivity contribution in [3.05, 3.63) is 71.8 Å². The van der Waals surface area contributed by atoms with Gasteiger partial charge in [-0.15, -0.1) is 0 Å². The van der Waals surface area contributed by atoms with Crippen LogP contribution < -0.4 is 9.20 Å². The van der Waals surface area contributed by atoms with Gasteiger partial charge in [0.2, 0.25) is 0 Å². The molecule has 0 aliphatic carbocycles. The van der Waals surface area contributed by atoms with Crippen LogP contribution in [0.5, 0.6) is 5.75 Å². The van der Waals surface area contributed by atoms with Crippen LogP contribution in [0, 0.1) is 13.8 Å². The summed E-state index contributed by atoms with van der Waals surface area (Å²) in [5.41, 5.74) is 2.58. The molecule has 24 heavy (non-hydrogen) atoms. The van der Waals surface area contributed by atoms with Gasteiger partial charge in [-0.05, 0) is 0 Å². The van der Waals surface area contributed by atoms with Crippen molar-refractivity contribution in [2.45, 2.75) is 25.3 Å². The van der Waals surface area contributed by atoms with Gasteiger partial charge in [0.05, 0.1) is 0 Å². The first-order chi connectivity index (χ1) is 11.6. The number of rotatable bonds is 6. The molecule has 0 saturated carbocycles. The van der Waals surface area contributed by atoms with E-state index < -0.39 is 6.10 Å². The van der Waals surface area contributed by atoms with Gasteiger partial charge in [0, 0.05) is 0 Å². The summed E-state index contributed by atoms with van der Waals surface area (Å²) in [7, 11) is 0. The Hall–Kier alpha value is -1.80. The van der Waals surface area contributed by atoms with Crippen LogP contribution in [-0.2, 0) is 0 Å². The molecule has 3 heteroatoms. The Kier molecular flexibility index (Phi) is 5.57. The summed E-state index contributed by atoms with van der Waals surface area (Å²) in [6.45, 7) is 4.58. The van der Waals surface area contributed by atoms with Crippen molar-refractivity contribution in [3.8, 4) is 5.75 Å². The van der Waals surface area contributed by atoms with E-state index in [4.69, 9.17) is 4.74 Å². The first kappa shape index (κ1) is 17.0. The molecule has 0 amide bonds. The molecule has 2 nitrogen and oxygen atoms in total. The number of aryl methyl sites for hydroxylation is 2. The molecule has 0 heterocycles. The summed E-state index contributed by atoms with van der Waals surface area (Å²) >= 11 is 0.262. The number of ether oxygens (including phenoxy) is 1. The zero-order chi connectivity index (χ0) is 16.9. The van der Waals surface area contributed by atoms with Gasteiger partial charge in [-0.1, -0.05) is 0 Å². The number of hydrogen-bond acceptors (Lipinski definition) is 2. The number of aliphatic hydroxyl groups is 1. The molecule has 1 N–H and O–H groups in total. The minimum atomic E-state index is -0.441. The molecule has 0 fully saturated rings. The van der Waals surface area contributed by atoms with Crippen molar-refractivity contribution in [2.24, 2.45) is 0 Å². The van der Waals surface area contributed by atoms with Crippen molar-refractivity contribution >= 4 is 30.2 Å². The zero-order valence-electron chi connectivity index (χ0n) is 14.0. The summed E-state index contributed by atoms with van der Waals surface area (Å²) in [4.78, 5) is 0. The van der Waals surface area contributed by atoms with Crippen LogP contribution >= 0.6 is 0 Å². The fraction of sp³-hybridized carbons (Fsp3) is 0.238. The molecule has 1 unspecified atom stereocenters. The molecule has 0 aliphatic rings. The standard InChI is InChI=1S/C21H22O2Se/c1-15-10-11-16(2)21(12-15)24-14-18(22)13-23-20-9-5-7-17-6-3-4-8-19(17)20/h3-12,18,22H,13-14H2,1-2H3. The van der Waals surface area contributed by atoms with Crippen LogP contribution in [0.15, 0.2) is 60.7 Å². The molecule has 0 spiro atoms. The molecular formula is C21H22O2Se. The van der Waals surface area contributed by atoms with Crippen molar-refractivity contribution in [1.82, 2.24) is 0 Å². The van der Waals surface area contributed by atoms with E-state index in [9.17, 15) is 5.11 Å². The average molecular weight is 385 g/mol. The molecule has 124 valence electrons. The number of hydrogen-bond donors (Lipinski definition) is 1. The monoisotopic (exact) mass is 386 g/mol. The van der Waals surface area contributed by atoms with Crippen LogP contribution in [0.1, 0.15) is 11.1 Å². The Bertz CT molecular complexity index is 824. The predicted molar refractivity (Wildman–Crippen MR) is 102 cm³/mol. The second-order valence-electron chi connectivity index (χ2n) is 6.02. The van der Waals surface area contributed by atoms with Crippen LogP contribution in [0.4, 0.5) is 0 Å². The van der Waals surface area contributed by atoms with E-state index in [0.29, 0.717) is 6.61 Å². The summed E-state index contributed by atoms with van der Waals surface area (Å²) in [5.74, 6) is 0.839. The van der Waals surface area contributed by atoms with Crippen molar-refractivity contribution in [3.63, 3.8) is 0 Å². The van der Waals surface area contributed by atoms with Gasteiger partial charge in [0.1, 0.15) is 0 Å². The number of fused-ring (bicyclic) bond motifs is 1. The summed E-state index contributed by atoms with van der Waals surface area (Å²) in [5, 5.41) is 13.3. The molecule has 3 aromatic rings. The van der Waals surface area contributed by atoms with E-state index in [0.717, 1.165) is 21.8 Å². The predicted octanol–water partition coefficient (Wildman–Crippen LogP) is 3.64. The summed E-state index contributed by atoms with van der Waals surface area (Å²) in [6.07, 6.45) is -0.441. The fourth-order valence-electron chi connectivity index (χ4n) is 2.60. The van der Waals surface area contributed by atoms with E-state index >= 15 is 0 Å². The van der Waals surface area contributed by atoms with Crippen LogP contribution in [0.25, 0.3) is 10.8 Å². The molecule has 0 radical (unpaired) electrons. The van der Waals surface area contributed by atoms with Gasteiger partial charge in [-0.2, -0.15) is 0 Å². The van der Waals surface area contributed by atoms with Crippen LogP contribution in [0.2, 0.25) is 5.32 Å². The molecule has 1 atom stereocenters. The van der Waals surface area contributed by atoms with Crippen LogP contribution in [-0.4, -0.2) is 32.8 Å². The normalized spacial score (nSPS) is 12.3. The summed E-state index contributed by atoms with van der Waals surface area (Å²) < 4.78 is 7.25.